The summed E-state index contributed by atoms with van der Waals surface area (Å²) in [6.45, 7) is 8.46. The highest BCUT2D eigenvalue weighted by Gasteiger charge is 2.36. The summed E-state index contributed by atoms with van der Waals surface area (Å²) in [5.74, 6) is 1.13. The van der Waals surface area contributed by atoms with Crippen LogP contribution in [-0.2, 0) is 4.74 Å². The van der Waals surface area contributed by atoms with Crippen molar-refractivity contribution in [1.29, 1.82) is 0 Å². The molecular formula is C8H18OS2. The van der Waals surface area contributed by atoms with Gasteiger partial charge in [-0.05, 0) is 13.8 Å². The van der Waals surface area contributed by atoms with E-state index in [9.17, 15) is 0 Å². The van der Waals surface area contributed by atoms with Gasteiger partial charge in [0.25, 0.3) is 0 Å². The van der Waals surface area contributed by atoms with Crippen LogP contribution in [0.15, 0.2) is 0 Å². The minimum absolute atomic E-state index is 0.319. The Morgan fingerprint density at radius 1 is 1.36 bits per heavy atom. The highest BCUT2D eigenvalue weighted by Crippen LogP contribution is 2.47. The van der Waals surface area contributed by atoms with E-state index in [1.807, 2.05) is 35.4 Å². The van der Waals surface area contributed by atoms with Crippen LogP contribution in [0.4, 0.5) is 0 Å². The summed E-state index contributed by atoms with van der Waals surface area (Å²) >= 11 is 0. The first-order valence-electron chi connectivity index (χ1n) is 4.00. The Kier molecular flexibility index (Phi) is 5.65. The molecule has 0 saturated carbocycles. The molecule has 3 heteroatoms. The fourth-order valence-corrected chi connectivity index (χ4v) is 4.10. The van der Waals surface area contributed by atoms with Crippen molar-refractivity contribution >= 4 is 21.6 Å². The molecule has 1 rings (SSSR count). The smallest absolute Gasteiger partial charge is 0.0819 e. The number of hydrogen-bond donors (Lipinski definition) is 0. The van der Waals surface area contributed by atoms with Crippen molar-refractivity contribution in [3.63, 3.8) is 0 Å². The largest absolute Gasteiger partial charge is 0.379 e. The molecule has 11 heavy (non-hydrogen) atoms. The van der Waals surface area contributed by atoms with Gasteiger partial charge in [-0.1, -0.05) is 35.4 Å². The molecule has 0 aromatic carbocycles. The van der Waals surface area contributed by atoms with Crippen LogP contribution in [-0.4, -0.2) is 23.7 Å². The molecule has 1 saturated heterocycles. The van der Waals surface area contributed by atoms with Gasteiger partial charge in [-0.25, -0.2) is 0 Å². The second-order valence-corrected chi connectivity index (χ2v) is 5.69. The number of ether oxygens (including phenoxy) is 1. The molecule has 0 N–H and O–H groups in total. The average Bonchev–Trinajstić information content (AvgIpc) is 2.33. The van der Waals surface area contributed by atoms with Crippen LogP contribution in [0.1, 0.15) is 27.7 Å². The summed E-state index contributed by atoms with van der Waals surface area (Å²) in [6, 6.07) is 0. The number of methoxy groups -OCH3 is 1. The van der Waals surface area contributed by atoms with E-state index in [-0.39, 0.29) is 0 Å². The van der Waals surface area contributed by atoms with Crippen LogP contribution in [0.2, 0.25) is 0 Å². The molecule has 68 valence electrons. The zero-order chi connectivity index (χ0) is 8.91. The first kappa shape index (κ1) is 11.7. The van der Waals surface area contributed by atoms with E-state index >= 15 is 0 Å². The summed E-state index contributed by atoms with van der Waals surface area (Å²) in [6.07, 6.45) is 0.437. The van der Waals surface area contributed by atoms with E-state index in [0.717, 1.165) is 5.75 Å². The Morgan fingerprint density at radius 2 is 1.91 bits per heavy atom. The van der Waals surface area contributed by atoms with E-state index in [2.05, 4.69) is 13.8 Å². The van der Waals surface area contributed by atoms with Crippen molar-refractivity contribution < 1.29 is 4.74 Å². The summed E-state index contributed by atoms with van der Waals surface area (Å²) in [5, 5.41) is 0. The molecule has 1 heterocycles. The van der Waals surface area contributed by atoms with Crippen molar-refractivity contribution in [2.45, 2.75) is 38.5 Å². The van der Waals surface area contributed by atoms with Gasteiger partial charge < -0.3 is 4.74 Å². The SMILES string of the molecule is CC.COC1CSSC1(C)C. The maximum atomic E-state index is 5.28. The molecule has 1 atom stereocenters. The molecule has 1 aliphatic rings. The molecule has 0 aromatic heterocycles. The Balaban J connectivity index is 0.000000461. The van der Waals surface area contributed by atoms with E-state index < -0.39 is 0 Å². The van der Waals surface area contributed by atoms with Gasteiger partial charge in [0.2, 0.25) is 0 Å². The molecule has 0 bridgehead atoms. The van der Waals surface area contributed by atoms with Crippen LogP contribution in [0, 0.1) is 0 Å². The fraction of sp³-hybridized carbons (Fsp3) is 1.00. The summed E-state index contributed by atoms with van der Waals surface area (Å²) in [5.41, 5.74) is 0. The maximum absolute atomic E-state index is 5.28. The molecule has 0 radical (unpaired) electrons. The predicted octanol–water partition coefficient (Wildman–Crippen LogP) is 3.20. The molecule has 1 unspecified atom stereocenters. The first-order chi connectivity index (χ1) is 5.17. The summed E-state index contributed by atoms with van der Waals surface area (Å²) in [4.78, 5) is 0. The highest BCUT2D eigenvalue weighted by atomic mass is 33.1. The van der Waals surface area contributed by atoms with Gasteiger partial charge in [0.1, 0.15) is 0 Å². The van der Waals surface area contributed by atoms with Crippen molar-refractivity contribution in [2.24, 2.45) is 0 Å². The van der Waals surface area contributed by atoms with Crippen molar-refractivity contribution in [1.82, 2.24) is 0 Å². The Bertz CT molecular complexity index is 104. The predicted molar refractivity (Wildman–Crippen MR) is 56.3 cm³/mol. The van der Waals surface area contributed by atoms with E-state index in [0.29, 0.717) is 10.9 Å². The molecule has 0 spiro atoms. The molecule has 0 amide bonds. The molecular weight excluding hydrogens is 176 g/mol. The second kappa shape index (κ2) is 5.33. The minimum Gasteiger partial charge on any atom is -0.379 e. The second-order valence-electron chi connectivity index (χ2n) is 2.70. The van der Waals surface area contributed by atoms with Crippen LogP contribution < -0.4 is 0 Å². The number of hydrogen-bond acceptors (Lipinski definition) is 3. The van der Waals surface area contributed by atoms with E-state index in [1.54, 1.807) is 7.11 Å². The standard InChI is InChI=1S/C6H12OS2.C2H6/c1-6(2)5(7-3)4-8-9-6;1-2/h5H,4H2,1-3H3;1-2H3. The van der Waals surface area contributed by atoms with Gasteiger partial charge in [-0.15, -0.1) is 0 Å². The van der Waals surface area contributed by atoms with E-state index in [4.69, 9.17) is 4.74 Å². The van der Waals surface area contributed by atoms with Crippen molar-refractivity contribution in [2.75, 3.05) is 12.9 Å². The molecule has 1 aliphatic heterocycles. The fourth-order valence-electron chi connectivity index (χ4n) is 0.854. The Hall–Kier alpha value is 0.660. The van der Waals surface area contributed by atoms with Crippen molar-refractivity contribution in [3.8, 4) is 0 Å². The quantitative estimate of drug-likeness (QED) is 0.593. The van der Waals surface area contributed by atoms with Gasteiger partial charge in [0.15, 0.2) is 0 Å². The average molecular weight is 194 g/mol. The van der Waals surface area contributed by atoms with Gasteiger partial charge >= 0.3 is 0 Å². The zero-order valence-corrected chi connectivity index (χ0v) is 9.64. The third-order valence-corrected chi connectivity index (χ3v) is 4.85. The third kappa shape index (κ3) is 3.26. The maximum Gasteiger partial charge on any atom is 0.0819 e. The Labute approximate surface area is 78.1 Å². The van der Waals surface area contributed by atoms with Gasteiger partial charge in [-0.3, -0.25) is 0 Å². The first-order valence-corrected chi connectivity index (χ1v) is 6.32. The Morgan fingerprint density at radius 3 is 2.09 bits per heavy atom. The zero-order valence-electron chi connectivity index (χ0n) is 8.01. The summed E-state index contributed by atoms with van der Waals surface area (Å²) < 4.78 is 5.60. The summed E-state index contributed by atoms with van der Waals surface area (Å²) in [7, 11) is 5.62. The molecule has 0 aromatic rings. The molecule has 1 fully saturated rings. The third-order valence-electron chi connectivity index (χ3n) is 1.55. The lowest BCUT2D eigenvalue weighted by Gasteiger charge is -2.22. The number of rotatable bonds is 1. The van der Waals surface area contributed by atoms with Gasteiger partial charge in [0.05, 0.1) is 6.10 Å². The monoisotopic (exact) mass is 194 g/mol. The van der Waals surface area contributed by atoms with Crippen LogP contribution in [0.25, 0.3) is 0 Å². The van der Waals surface area contributed by atoms with Gasteiger partial charge in [0, 0.05) is 17.6 Å². The topological polar surface area (TPSA) is 9.23 Å². The lowest BCUT2D eigenvalue weighted by Crippen LogP contribution is -2.31. The lowest BCUT2D eigenvalue weighted by molar-refractivity contribution is 0.1000. The van der Waals surface area contributed by atoms with Crippen molar-refractivity contribution in [3.05, 3.63) is 0 Å². The van der Waals surface area contributed by atoms with Crippen LogP contribution >= 0.6 is 21.6 Å². The normalized spacial score (nSPS) is 27.5. The van der Waals surface area contributed by atoms with Gasteiger partial charge in [-0.2, -0.15) is 0 Å². The molecule has 1 nitrogen and oxygen atoms in total. The lowest BCUT2D eigenvalue weighted by atomic mass is 10.1. The van der Waals surface area contributed by atoms with Crippen LogP contribution in [0.3, 0.4) is 0 Å². The highest BCUT2D eigenvalue weighted by molar-refractivity contribution is 8.77. The minimum atomic E-state index is 0.319. The molecule has 0 aliphatic carbocycles. The van der Waals surface area contributed by atoms with E-state index in [1.165, 1.54) is 0 Å². The van der Waals surface area contributed by atoms with Crippen LogP contribution in [0.5, 0.6) is 0 Å².